The Kier molecular flexibility index (Phi) is 9.65. The lowest BCUT2D eigenvalue weighted by Gasteiger charge is -2.27. The summed E-state index contributed by atoms with van der Waals surface area (Å²) >= 11 is 0. The summed E-state index contributed by atoms with van der Waals surface area (Å²) in [7, 11) is -3.87. The molecule has 3 aromatic rings. The van der Waals surface area contributed by atoms with Crippen molar-refractivity contribution >= 4 is 15.9 Å². The number of nitrogens with zero attached hydrogens (tertiary/aromatic N) is 2. The summed E-state index contributed by atoms with van der Waals surface area (Å²) in [5.41, 5.74) is 1.92. The SMILES string of the molecule is CCOCCCN(CC(=O)N(Cc1ccccc1)Cc1ccc(C)o1)S(=O)(=O)c1ccc(C)cc1. The van der Waals surface area contributed by atoms with Crippen LogP contribution in [0.3, 0.4) is 0 Å². The molecule has 0 atom stereocenters. The molecule has 0 spiro atoms. The van der Waals surface area contributed by atoms with Gasteiger partial charge in [0.25, 0.3) is 0 Å². The fourth-order valence-electron chi connectivity index (χ4n) is 3.68. The number of rotatable bonds is 13. The van der Waals surface area contributed by atoms with E-state index in [2.05, 4.69) is 0 Å². The average Bonchev–Trinajstić information content (AvgIpc) is 3.26. The van der Waals surface area contributed by atoms with E-state index in [1.54, 1.807) is 29.2 Å². The molecule has 7 nitrogen and oxygen atoms in total. The zero-order valence-corrected chi connectivity index (χ0v) is 21.5. The molecule has 1 heterocycles. The monoisotopic (exact) mass is 498 g/mol. The number of hydrogen-bond acceptors (Lipinski definition) is 5. The van der Waals surface area contributed by atoms with E-state index in [0.717, 1.165) is 16.9 Å². The van der Waals surface area contributed by atoms with Gasteiger partial charge in [0.15, 0.2) is 0 Å². The molecule has 0 saturated carbocycles. The lowest BCUT2D eigenvalue weighted by molar-refractivity contribution is -0.133. The van der Waals surface area contributed by atoms with Crippen molar-refractivity contribution in [2.75, 3.05) is 26.3 Å². The first kappa shape index (κ1) is 26.7. The molecule has 0 aliphatic rings. The summed E-state index contributed by atoms with van der Waals surface area (Å²) in [5.74, 6) is 1.11. The fourth-order valence-corrected chi connectivity index (χ4v) is 5.10. The van der Waals surface area contributed by atoms with E-state index in [-0.39, 0.29) is 30.4 Å². The summed E-state index contributed by atoms with van der Waals surface area (Å²) < 4.78 is 39.3. The van der Waals surface area contributed by atoms with Gasteiger partial charge in [0.05, 0.1) is 18.0 Å². The van der Waals surface area contributed by atoms with Crippen molar-refractivity contribution in [1.82, 2.24) is 9.21 Å². The molecule has 35 heavy (non-hydrogen) atoms. The molecule has 8 heteroatoms. The van der Waals surface area contributed by atoms with Crippen LogP contribution in [0.1, 0.15) is 36.0 Å². The lowest BCUT2D eigenvalue weighted by Crippen LogP contribution is -2.43. The molecule has 0 fully saturated rings. The van der Waals surface area contributed by atoms with Gasteiger partial charge in [0.2, 0.25) is 15.9 Å². The smallest absolute Gasteiger partial charge is 0.243 e. The molecule has 1 amide bonds. The standard InChI is InChI=1S/C27H34N2O5S/c1-4-33-18-8-17-29(35(31,32)26-15-11-22(2)12-16-26)21-27(30)28(19-24-9-6-5-7-10-24)20-25-14-13-23(3)34-25/h5-7,9-16H,4,8,17-21H2,1-3H3. The summed E-state index contributed by atoms with van der Waals surface area (Å²) in [5, 5.41) is 0. The zero-order chi connectivity index (χ0) is 25.3. The molecule has 0 radical (unpaired) electrons. The molecule has 0 unspecified atom stereocenters. The van der Waals surface area contributed by atoms with Crippen LogP contribution >= 0.6 is 0 Å². The Morgan fingerprint density at radius 1 is 0.943 bits per heavy atom. The Bertz CT molecular complexity index is 1170. The van der Waals surface area contributed by atoms with E-state index in [1.165, 1.54) is 4.31 Å². The molecule has 0 bridgehead atoms. The van der Waals surface area contributed by atoms with Crippen LogP contribution in [-0.4, -0.2) is 49.8 Å². The summed E-state index contributed by atoms with van der Waals surface area (Å²) in [6.45, 7) is 7.12. The first-order chi connectivity index (χ1) is 16.8. The minimum absolute atomic E-state index is 0.170. The van der Waals surface area contributed by atoms with Crippen molar-refractivity contribution < 1.29 is 22.4 Å². The van der Waals surface area contributed by atoms with Gasteiger partial charge in [0.1, 0.15) is 11.5 Å². The average molecular weight is 499 g/mol. The van der Waals surface area contributed by atoms with Crippen LogP contribution < -0.4 is 0 Å². The molecular formula is C27H34N2O5S. The number of sulfonamides is 1. The maximum absolute atomic E-state index is 13.5. The fraction of sp³-hybridized carbons (Fsp3) is 0.370. The highest BCUT2D eigenvalue weighted by Gasteiger charge is 2.28. The Labute approximate surface area is 208 Å². The largest absolute Gasteiger partial charge is 0.464 e. The van der Waals surface area contributed by atoms with E-state index in [1.807, 2.05) is 63.2 Å². The molecule has 0 aliphatic heterocycles. The number of hydrogen-bond donors (Lipinski definition) is 0. The molecular weight excluding hydrogens is 464 g/mol. The van der Waals surface area contributed by atoms with Gasteiger partial charge in [-0.25, -0.2) is 8.42 Å². The second kappa shape index (κ2) is 12.7. The van der Waals surface area contributed by atoms with Gasteiger partial charge >= 0.3 is 0 Å². The first-order valence-corrected chi connectivity index (χ1v) is 13.2. The number of benzene rings is 2. The highest BCUT2D eigenvalue weighted by molar-refractivity contribution is 7.89. The van der Waals surface area contributed by atoms with Crippen molar-refractivity contribution in [1.29, 1.82) is 0 Å². The van der Waals surface area contributed by atoms with Gasteiger partial charge in [-0.1, -0.05) is 48.0 Å². The minimum Gasteiger partial charge on any atom is -0.464 e. The van der Waals surface area contributed by atoms with Gasteiger partial charge in [-0.15, -0.1) is 0 Å². The predicted molar refractivity (Wildman–Crippen MR) is 135 cm³/mol. The van der Waals surface area contributed by atoms with Crippen LogP contribution in [0.25, 0.3) is 0 Å². The van der Waals surface area contributed by atoms with Gasteiger partial charge < -0.3 is 14.1 Å². The normalized spacial score (nSPS) is 11.7. The number of carbonyl (C=O) groups is 1. The van der Waals surface area contributed by atoms with Crippen LogP contribution in [0.4, 0.5) is 0 Å². The van der Waals surface area contributed by atoms with Crippen LogP contribution in [0.15, 0.2) is 76.0 Å². The van der Waals surface area contributed by atoms with Crippen molar-refractivity contribution in [2.45, 2.75) is 45.2 Å². The van der Waals surface area contributed by atoms with E-state index in [0.29, 0.717) is 31.9 Å². The van der Waals surface area contributed by atoms with Crippen LogP contribution in [0, 0.1) is 13.8 Å². The Morgan fingerprint density at radius 3 is 2.29 bits per heavy atom. The van der Waals surface area contributed by atoms with Crippen molar-refractivity contribution in [3.63, 3.8) is 0 Å². The topological polar surface area (TPSA) is 80.1 Å². The second-order valence-corrected chi connectivity index (χ2v) is 10.4. The number of aryl methyl sites for hydroxylation is 2. The highest BCUT2D eigenvalue weighted by Crippen LogP contribution is 2.19. The quantitative estimate of drug-likeness (QED) is 0.323. The zero-order valence-electron chi connectivity index (χ0n) is 20.6. The van der Waals surface area contributed by atoms with Gasteiger partial charge in [-0.05, 0) is 57.0 Å². The lowest BCUT2D eigenvalue weighted by atomic mass is 10.2. The van der Waals surface area contributed by atoms with Gasteiger partial charge in [0, 0.05) is 26.3 Å². The van der Waals surface area contributed by atoms with Gasteiger partial charge in [-0.3, -0.25) is 4.79 Å². The van der Waals surface area contributed by atoms with Crippen LogP contribution in [0.2, 0.25) is 0 Å². The van der Waals surface area contributed by atoms with Crippen molar-refractivity contribution in [3.8, 4) is 0 Å². The highest BCUT2D eigenvalue weighted by atomic mass is 32.2. The summed E-state index contributed by atoms with van der Waals surface area (Å²) in [6, 6.07) is 20.0. The molecule has 0 N–H and O–H groups in total. The van der Waals surface area contributed by atoms with Crippen molar-refractivity contribution in [2.24, 2.45) is 0 Å². The summed E-state index contributed by atoms with van der Waals surface area (Å²) in [6.07, 6.45) is 0.488. The van der Waals surface area contributed by atoms with Crippen molar-refractivity contribution in [3.05, 3.63) is 89.4 Å². The number of ether oxygens (including phenoxy) is 1. The Hall–Kier alpha value is -2.94. The maximum Gasteiger partial charge on any atom is 0.243 e. The Morgan fingerprint density at radius 2 is 1.66 bits per heavy atom. The van der Waals surface area contributed by atoms with Gasteiger partial charge in [-0.2, -0.15) is 4.31 Å². The van der Waals surface area contributed by atoms with E-state index < -0.39 is 10.0 Å². The minimum atomic E-state index is -3.87. The van der Waals surface area contributed by atoms with E-state index in [4.69, 9.17) is 9.15 Å². The molecule has 1 aromatic heterocycles. The molecule has 2 aromatic carbocycles. The van der Waals surface area contributed by atoms with Crippen LogP contribution in [0.5, 0.6) is 0 Å². The second-order valence-electron chi connectivity index (χ2n) is 8.45. The molecule has 3 rings (SSSR count). The number of carbonyl (C=O) groups excluding carboxylic acids is 1. The number of amides is 1. The molecule has 0 aliphatic carbocycles. The third-order valence-electron chi connectivity index (χ3n) is 5.58. The summed E-state index contributed by atoms with van der Waals surface area (Å²) in [4.78, 5) is 15.3. The molecule has 188 valence electrons. The Balaban J connectivity index is 1.84. The predicted octanol–water partition coefficient (Wildman–Crippen LogP) is 4.54. The van der Waals surface area contributed by atoms with E-state index >= 15 is 0 Å². The molecule has 0 saturated heterocycles. The first-order valence-electron chi connectivity index (χ1n) is 11.8. The maximum atomic E-state index is 13.5. The number of furan rings is 1. The van der Waals surface area contributed by atoms with E-state index in [9.17, 15) is 13.2 Å². The third-order valence-corrected chi connectivity index (χ3v) is 7.44. The third kappa shape index (κ3) is 7.78. The van der Waals surface area contributed by atoms with Crippen LogP contribution in [-0.2, 0) is 32.6 Å².